The van der Waals surface area contributed by atoms with E-state index in [-0.39, 0.29) is 6.61 Å². The van der Waals surface area contributed by atoms with Gasteiger partial charge in [0.15, 0.2) is 12.4 Å². The summed E-state index contributed by atoms with van der Waals surface area (Å²) in [6.07, 6.45) is 2.54. The highest BCUT2D eigenvalue weighted by atomic mass is 16.5. The molecule has 0 fully saturated rings. The van der Waals surface area contributed by atoms with Crippen LogP contribution in [-0.2, 0) is 11.3 Å². The minimum Gasteiger partial charge on any atom is -0.619 e. The predicted octanol–water partition coefficient (Wildman–Crippen LogP) is 2.83. The molecular weight excluding hydrogens is 266 g/mol. The van der Waals surface area contributed by atoms with Crippen molar-refractivity contribution in [3.63, 3.8) is 0 Å². The van der Waals surface area contributed by atoms with Gasteiger partial charge in [-0.3, -0.25) is 0 Å². The third kappa shape index (κ3) is 2.84. The Bertz CT molecular complexity index is 776. The van der Waals surface area contributed by atoms with Crippen LogP contribution in [0.15, 0.2) is 67.0 Å². The molecule has 0 saturated heterocycles. The van der Waals surface area contributed by atoms with Gasteiger partial charge in [0.2, 0.25) is 0 Å². The van der Waals surface area contributed by atoms with Gasteiger partial charge < -0.3 is 9.94 Å². The van der Waals surface area contributed by atoms with Crippen LogP contribution in [0.5, 0.6) is 0 Å². The van der Waals surface area contributed by atoms with Crippen LogP contribution in [0.3, 0.4) is 0 Å². The fraction of sp³-hybridized carbons (Fsp3) is 0.0588. The maximum Gasteiger partial charge on any atom is 0.338 e. The second kappa shape index (κ2) is 5.63. The van der Waals surface area contributed by atoms with Crippen LogP contribution < -0.4 is 4.73 Å². The number of rotatable bonds is 3. The number of hydrogen-bond acceptors (Lipinski definition) is 3. The highest BCUT2D eigenvalue weighted by Crippen LogP contribution is 2.19. The van der Waals surface area contributed by atoms with Crippen LogP contribution in [0.4, 0.5) is 0 Å². The first-order valence-corrected chi connectivity index (χ1v) is 6.56. The van der Waals surface area contributed by atoms with Gasteiger partial charge >= 0.3 is 5.97 Å². The molecule has 21 heavy (non-hydrogen) atoms. The maximum absolute atomic E-state index is 11.9. The Hall–Kier alpha value is -2.88. The molecule has 0 aliphatic heterocycles. The SMILES string of the molecule is O=C(OCc1cccc2ccccc12)c1cc[n+]([O-])cc1. The average molecular weight is 279 g/mol. The van der Waals surface area contributed by atoms with Crippen molar-refractivity contribution in [1.82, 2.24) is 0 Å². The smallest absolute Gasteiger partial charge is 0.338 e. The topological polar surface area (TPSA) is 53.2 Å². The maximum atomic E-state index is 11.9. The Balaban J connectivity index is 1.77. The van der Waals surface area contributed by atoms with E-state index in [0.29, 0.717) is 10.3 Å². The summed E-state index contributed by atoms with van der Waals surface area (Å²) in [6, 6.07) is 16.7. The molecule has 4 nitrogen and oxygen atoms in total. The average Bonchev–Trinajstić information content (AvgIpc) is 2.53. The predicted molar refractivity (Wildman–Crippen MR) is 78.5 cm³/mol. The van der Waals surface area contributed by atoms with Crippen molar-refractivity contribution < 1.29 is 14.3 Å². The molecule has 0 aliphatic rings. The molecule has 0 bridgehead atoms. The largest absolute Gasteiger partial charge is 0.619 e. The van der Waals surface area contributed by atoms with Crippen LogP contribution in [-0.4, -0.2) is 5.97 Å². The molecule has 0 saturated carbocycles. The fourth-order valence-corrected chi connectivity index (χ4v) is 2.19. The van der Waals surface area contributed by atoms with Gasteiger partial charge in [-0.25, -0.2) is 4.79 Å². The number of carbonyl (C=O) groups is 1. The lowest BCUT2D eigenvalue weighted by Gasteiger charge is -2.08. The zero-order chi connectivity index (χ0) is 14.7. The molecule has 2 aromatic carbocycles. The summed E-state index contributed by atoms with van der Waals surface area (Å²) >= 11 is 0. The van der Waals surface area contributed by atoms with E-state index in [1.165, 1.54) is 24.5 Å². The van der Waals surface area contributed by atoms with Gasteiger partial charge in [-0.15, -0.1) is 0 Å². The van der Waals surface area contributed by atoms with Crippen LogP contribution in [0.25, 0.3) is 10.8 Å². The summed E-state index contributed by atoms with van der Waals surface area (Å²) in [5, 5.41) is 13.1. The zero-order valence-electron chi connectivity index (χ0n) is 11.2. The van der Waals surface area contributed by atoms with Gasteiger partial charge in [0.05, 0.1) is 5.56 Å². The lowest BCUT2D eigenvalue weighted by Crippen LogP contribution is -2.24. The van der Waals surface area contributed by atoms with Crippen molar-refractivity contribution in [2.75, 3.05) is 0 Å². The zero-order valence-corrected chi connectivity index (χ0v) is 11.2. The third-order valence-corrected chi connectivity index (χ3v) is 3.28. The van der Waals surface area contributed by atoms with Crippen molar-refractivity contribution in [1.29, 1.82) is 0 Å². The van der Waals surface area contributed by atoms with Crippen LogP contribution in [0, 0.1) is 5.21 Å². The van der Waals surface area contributed by atoms with Crippen molar-refractivity contribution in [3.8, 4) is 0 Å². The second-order valence-electron chi connectivity index (χ2n) is 4.66. The van der Waals surface area contributed by atoms with Gasteiger partial charge in [-0.05, 0) is 16.3 Å². The first kappa shape index (κ1) is 13.1. The van der Waals surface area contributed by atoms with Gasteiger partial charge in [-0.2, -0.15) is 4.73 Å². The molecule has 0 N–H and O–H groups in total. The van der Waals surface area contributed by atoms with E-state index in [4.69, 9.17) is 4.74 Å². The standard InChI is InChI=1S/C17H13NO3/c19-17(14-8-10-18(20)11-9-14)21-12-15-6-3-5-13-4-1-2-7-16(13)15/h1-11H,12H2. The van der Waals surface area contributed by atoms with E-state index >= 15 is 0 Å². The number of benzene rings is 2. The molecule has 1 aromatic heterocycles. The molecular formula is C17H13NO3. The molecule has 3 aromatic rings. The Kier molecular flexibility index (Phi) is 3.51. The summed E-state index contributed by atoms with van der Waals surface area (Å²) in [5.74, 6) is -0.441. The highest BCUT2D eigenvalue weighted by Gasteiger charge is 2.09. The van der Waals surface area contributed by atoms with Crippen LogP contribution in [0.1, 0.15) is 15.9 Å². The Morgan fingerprint density at radius 3 is 2.52 bits per heavy atom. The van der Waals surface area contributed by atoms with E-state index in [9.17, 15) is 10.0 Å². The summed E-state index contributed by atoms with van der Waals surface area (Å²) < 4.78 is 5.94. The first-order valence-electron chi connectivity index (χ1n) is 6.56. The molecule has 1 heterocycles. The third-order valence-electron chi connectivity index (χ3n) is 3.28. The van der Waals surface area contributed by atoms with E-state index in [1.54, 1.807) is 0 Å². The lowest BCUT2D eigenvalue weighted by molar-refractivity contribution is -0.605. The molecule has 0 amide bonds. The lowest BCUT2D eigenvalue weighted by atomic mass is 10.1. The molecule has 0 aliphatic carbocycles. The van der Waals surface area contributed by atoms with E-state index in [2.05, 4.69) is 0 Å². The number of esters is 1. The molecule has 4 heteroatoms. The molecule has 0 atom stereocenters. The van der Waals surface area contributed by atoms with E-state index in [0.717, 1.165) is 16.3 Å². The fourth-order valence-electron chi connectivity index (χ4n) is 2.19. The van der Waals surface area contributed by atoms with Gasteiger partial charge in [0, 0.05) is 12.1 Å². The molecule has 0 radical (unpaired) electrons. The van der Waals surface area contributed by atoms with Crippen molar-refractivity contribution in [3.05, 3.63) is 83.3 Å². The summed E-state index contributed by atoms with van der Waals surface area (Å²) in [5.41, 5.74) is 1.32. The second-order valence-corrected chi connectivity index (χ2v) is 4.66. The number of aromatic nitrogens is 1. The summed E-state index contributed by atoms with van der Waals surface area (Å²) in [6.45, 7) is 0.201. The number of fused-ring (bicyclic) bond motifs is 1. The molecule has 0 spiro atoms. The van der Waals surface area contributed by atoms with E-state index < -0.39 is 5.97 Å². The van der Waals surface area contributed by atoms with E-state index in [1.807, 2.05) is 42.5 Å². The Morgan fingerprint density at radius 1 is 1.00 bits per heavy atom. The molecule has 3 rings (SSSR count). The quantitative estimate of drug-likeness (QED) is 0.421. The van der Waals surface area contributed by atoms with Gasteiger partial charge in [0.1, 0.15) is 6.61 Å². The number of carbonyl (C=O) groups excluding carboxylic acids is 1. The minimum absolute atomic E-state index is 0.201. The van der Waals surface area contributed by atoms with Gasteiger partial charge in [-0.1, -0.05) is 42.5 Å². The number of nitrogens with zero attached hydrogens (tertiary/aromatic N) is 1. The highest BCUT2D eigenvalue weighted by molar-refractivity contribution is 5.89. The monoisotopic (exact) mass is 279 g/mol. The minimum atomic E-state index is -0.441. The van der Waals surface area contributed by atoms with Crippen LogP contribution in [0.2, 0.25) is 0 Å². The van der Waals surface area contributed by atoms with Crippen LogP contribution >= 0.6 is 0 Å². The summed E-state index contributed by atoms with van der Waals surface area (Å²) in [4.78, 5) is 11.9. The Labute approximate surface area is 121 Å². The normalized spacial score (nSPS) is 10.5. The van der Waals surface area contributed by atoms with Crippen molar-refractivity contribution >= 4 is 16.7 Å². The number of pyridine rings is 1. The molecule has 0 unspecified atom stereocenters. The van der Waals surface area contributed by atoms with Crippen molar-refractivity contribution in [2.24, 2.45) is 0 Å². The summed E-state index contributed by atoms with van der Waals surface area (Å²) in [7, 11) is 0. The number of hydrogen-bond donors (Lipinski definition) is 0. The molecule has 104 valence electrons. The Morgan fingerprint density at radius 2 is 1.71 bits per heavy atom. The van der Waals surface area contributed by atoms with Gasteiger partial charge in [0.25, 0.3) is 0 Å². The van der Waals surface area contributed by atoms with Crippen molar-refractivity contribution in [2.45, 2.75) is 6.61 Å². The first-order chi connectivity index (χ1) is 10.2. The number of ether oxygens (including phenoxy) is 1.